The minimum absolute atomic E-state index is 0.0365. The monoisotopic (exact) mass is 443 g/mol. The molecular formula is C24H37N5O3. The van der Waals surface area contributed by atoms with Crippen LogP contribution in [-0.2, 0) is 4.79 Å². The molecule has 176 valence electrons. The molecule has 4 N–H and O–H groups in total. The Labute approximate surface area is 190 Å². The highest BCUT2D eigenvalue weighted by atomic mass is 16.2. The molecule has 3 rings (SSSR count). The lowest BCUT2D eigenvalue weighted by Crippen LogP contribution is -2.47. The number of rotatable bonds is 7. The van der Waals surface area contributed by atoms with Gasteiger partial charge in [0.05, 0.1) is 5.92 Å². The van der Waals surface area contributed by atoms with Crippen molar-refractivity contribution in [2.45, 2.75) is 64.8 Å². The minimum atomic E-state index is -0.204. The van der Waals surface area contributed by atoms with Crippen LogP contribution >= 0.6 is 0 Å². The number of urea groups is 2. The number of likely N-dealkylation sites (tertiary alicyclic amines) is 1. The standard InChI is InChI=1S/C24H37N5O3/c1-17(2)13-14-25-22(30)18-6-5-15-29(16-18)24(32)28-21-11-9-20(10-12-21)27-23(31)26-19-7-3-4-8-19/h9-12,17-19H,3-8,13-16H2,1-2H3,(H,25,30)(H,28,32)(H2,26,27,31)/t18-/m1/s1. The molecule has 8 heteroatoms. The molecule has 1 atom stereocenters. The van der Waals surface area contributed by atoms with Crippen molar-refractivity contribution >= 4 is 29.3 Å². The topological polar surface area (TPSA) is 103 Å². The molecule has 8 nitrogen and oxygen atoms in total. The number of amides is 5. The molecule has 0 bridgehead atoms. The van der Waals surface area contributed by atoms with Gasteiger partial charge in [0.1, 0.15) is 0 Å². The largest absolute Gasteiger partial charge is 0.356 e. The van der Waals surface area contributed by atoms with Crippen LogP contribution < -0.4 is 21.3 Å². The molecule has 32 heavy (non-hydrogen) atoms. The summed E-state index contributed by atoms with van der Waals surface area (Å²) in [6.45, 7) is 6.01. The summed E-state index contributed by atoms with van der Waals surface area (Å²) in [6.07, 6.45) is 6.98. The first-order valence-corrected chi connectivity index (χ1v) is 11.9. The Morgan fingerprint density at radius 1 is 0.969 bits per heavy atom. The Hall–Kier alpha value is -2.77. The van der Waals surface area contributed by atoms with E-state index in [1.54, 1.807) is 29.2 Å². The summed E-state index contributed by atoms with van der Waals surface area (Å²) in [5, 5.41) is 11.7. The van der Waals surface area contributed by atoms with Crippen LogP contribution in [0.25, 0.3) is 0 Å². The number of carbonyl (C=O) groups is 3. The number of carbonyl (C=O) groups excluding carboxylic acids is 3. The van der Waals surface area contributed by atoms with Crippen LogP contribution in [0, 0.1) is 11.8 Å². The van der Waals surface area contributed by atoms with Gasteiger partial charge in [-0.1, -0.05) is 26.7 Å². The number of piperidine rings is 1. The van der Waals surface area contributed by atoms with E-state index in [1.807, 2.05) is 0 Å². The molecule has 1 aliphatic carbocycles. The Balaban J connectivity index is 1.44. The fraction of sp³-hybridized carbons (Fsp3) is 0.625. The fourth-order valence-corrected chi connectivity index (χ4v) is 4.27. The van der Waals surface area contributed by atoms with Gasteiger partial charge in [0.25, 0.3) is 0 Å². The van der Waals surface area contributed by atoms with Gasteiger partial charge < -0.3 is 26.2 Å². The van der Waals surface area contributed by atoms with Crippen LogP contribution in [0.2, 0.25) is 0 Å². The zero-order valence-electron chi connectivity index (χ0n) is 19.3. The lowest BCUT2D eigenvalue weighted by Gasteiger charge is -2.32. The number of nitrogens with one attached hydrogen (secondary N) is 4. The fourth-order valence-electron chi connectivity index (χ4n) is 4.27. The molecule has 0 radical (unpaired) electrons. The van der Waals surface area contributed by atoms with Gasteiger partial charge in [-0.15, -0.1) is 0 Å². The van der Waals surface area contributed by atoms with Crippen molar-refractivity contribution < 1.29 is 14.4 Å². The zero-order chi connectivity index (χ0) is 22.9. The maximum atomic E-state index is 12.7. The number of nitrogens with zero attached hydrogens (tertiary/aromatic N) is 1. The number of anilines is 2. The van der Waals surface area contributed by atoms with E-state index in [4.69, 9.17) is 0 Å². The molecule has 5 amide bonds. The SMILES string of the molecule is CC(C)CCNC(=O)[C@@H]1CCCN(C(=O)Nc2ccc(NC(=O)NC3CCCC3)cc2)C1. The highest BCUT2D eigenvalue weighted by Gasteiger charge is 2.28. The van der Waals surface area contributed by atoms with Gasteiger partial charge in [0.15, 0.2) is 0 Å². The second-order valence-corrected chi connectivity index (χ2v) is 9.35. The van der Waals surface area contributed by atoms with Crippen molar-refractivity contribution in [2.24, 2.45) is 11.8 Å². The first-order valence-electron chi connectivity index (χ1n) is 11.9. The molecule has 1 saturated carbocycles. The van der Waals surface area contributed by atoms with Crippen LogP contribution in [0.5, 0.6) is 0 Å². The van der Waals surface area contributed by atoms with Crippen LogP contribution in [0.1, 0.15) is 58.8 Å². The summed E-state index contributed by atoms with van der Waals surface area (Å²) in [6, 6.07) is 6.94. The van der Waals surface area contributed by atoms with Gasteiger partial charge >= 0.3 is 12.1 Å². The van der Waals surface area contributed by atoms with E-state index in [0.717, 1.165) is 32.1 Å². The van der Waals surface area contributed by atoms with Gasteiger partial charge in [0.2, 0.25) is 5.91 Å². The molecule has 0 aromatic heterocycles. The van der Waals surface area contributed by atoms with E-state index in [9.17, 15) is 14.4 Å². The van der Waals surface area contributed by atoms with Crippen molar-refractivity contribution in [3.63, 3.8) is 0 Å². The lowest BCUT2D eigenvalue weighted by atomic mass is 9.97. The highest BCUT2D eigenvalue weighted by molar-refractivity contribution is 5.92. The van der Waals surface area contributed by atoms with Crippen LogP contribution in [-0.4, -0.2) is 48.5 Å². The van der Waals surface area contributed by atoms with Crippen LogP contribution in [0.3, 0.4) is 0 Å². The first-order chi connectivity index (χ1) is 15.4. The molecule has 1 saturated heterocycles. The Morgan fingerprint density at radius 2 is 1.62 bits per heavy atom. The molecule has 0 spiro atoms. The first kappa shape index (κ1) is 23.9. The summed E-state index contributed by atoms with van der Waals surface area (Å²) in [4.78, 5) is 38.9. The minimum Gasteiger partial charge on any atom is -0.356 e. The average molecular weight is 444 g/mol. The summed E-state index contributed by atoms with van der Waals surface area (Å²) in [5.41, 5.74) is 1.33. The molecular weight excluding hydrogens is 406 g/mol. The molecule has 0 unspecified atom stereocenters. The van der Waals surface area contributed by atoms with Gasteiger partial charge in [-0.25, -0.2) is 9.59 Å². The Morgan fingerprint density at radius 3 is 2.28 bits per heavy atom. The van der Waals surface area contributed by atoms with Gasteiger partial charge in [0, 0.05) is 37.1 Å². The van der Waals surface area contributed by atoms with E-state index in [1.165, 1.54) is 12.8 Å². The van der Waals surface area contributed by atoms with Gasteiger partial charge in [-0.05, 0) is 62.3 Å². The van der Waals surface area contributed by atoms with E-state index in [0.29, 0.717) is 36.9 Å². The van der Waals surface area contributed by atoms with E-state index in [2.05, 4.69) is 35.1 Å². The predicted octanol–water partition coefficient (Wildman–Crippen LogP) is 4.16. The third kappa shape index (κ3) is 7.43. The lowest BCUT2D eigenvalue weighted by molar-refractivity contribution is -0.126. The maximum Gasteiger partial charge on any atom is 0.321 e. The van der Waals surface area contributed by atoms with E-state index >= 15 is 0 Å². The summed E-state index contributed by atoms with van der Waals surface area (Å²) < 4.78 is 0. The summed E-state index contributed by atoms with van der Waals surface area (Å²) >= 11 is 0. The average Bonchev–Trinajstić information content (AvgIpc) is 3.27. The maximum absolute atomic E-state index is 12.7. The quantitative estimate of drug-likeness (QED) is 0.509. The van der Waals surface area contributed by atoms with Crippen molar-refractivity contribution in [1.29, 1.82) is 0 Å². The van der Waals surface area contributed by atoms with Crippen molar-refractivity contribution in [2.75, 3.05) is 30.3 Å². The zero-order valence-corrected chi connectivity index (χ0v) is 19.3. The van der Waals surface area contributed by atoms with Crippen LogP contribution in [0.4, 0.5) is 21.0 Å². The van der Waals surface area contributed by atoms with Crippen molar-refractivity contribution in [1.82, 2.24) is 15.5 Å². The highest BCUT2D eigenvalue weighted by Crippen LogP contribution is 2.20. The van der Waals surface area contributed by atoms with Crippen LogP contribution in [0.15, 0.2) is 24.3 Å². The molecule has 1 aromatic rings. The normalized spacial score (nSPS) is 19.0. The number of hydrogen-bond acceptors (Lipinski definition) is 3. The predicted molar refractivity (Wildman–Crippen MR) is 127 cm³/mol. The third-order valence-corrected chi connectivity index (χ3v) is 6.18. The Kier molecular flexibility index (Phi) is 8.76. The summed E-state index contributed by atoms with van der Waals surface area (Å²) in [7, 11) is 0. The Bertz CT molecular complexity index is 774. The summed E-state index contributed by atoms with van der Waals surface area (Å²) in [5.74, 6) is 0.424. The third-order valence-electron chi connectivity index (χ3n) is 6.18. The smallest absolute Gasteiger partial charge is 0.321 e. The van der Waals surface area contributed by atoms with Crippen molar-refractivity contribution in [3.05, 3.63) is 24.3 Å². The van der Waals surface area contributed by atoms with Gasteiger partial charge in [-0.3, -0.25) is 4.79 Å². The van der Waals surface area contributed by atoms with E-state index < -0.39 is 0 Å². The van der Waals surface area contributed by atoms with E-state index in [-0.39, 0.29) is 29.9 Å². The molecule has 2 fully saturated rings. The van der Waals surface area contributed by atoms with Gasteiger partial charge in [-0.2, -0.15) is 0 Å². The molecule has 1 heterocycles. The number of hydrogen-bond donors (Lipinski definition) is 4. The van der Waals surface area contributed by atoms with Crippen molar-refractivity contribution in [3.8, 4) is 0 Å². The molecule has 1 aliphatic heterocycles. The molecule has 2 aliphatic rings. The number of benzene rings is 1. The second kappa shape index (κ2) is 11.7. The second-order valence-electron chi connectivity index (χ2n) is 9.35. The molecule has 1 aromatic carbocycles.